The first kappa shape index (κ1) is 21.0. The number of likely N-dealkylation sites (tertiary alicyclic amines) is 1. The lowest BCUT2D eigenvalue weighted by molar-refractivity contribution is -0.154. The van der Waals surface area contributed by atoms with Gasteiger partial charge < -0.3 is 9.88 Å². The average Bonchev–Trinajstić information content (AvgIpc) is 3.40. The minimum Gasteiger partial charge on any atom is -0.341 e. The van der Waals surface area contributed by atoms with Crippen molar-refractivity contribution in [1.82, 2.24) is 29.6 Å². The summed E-state index contributed by atoms with van der Waals surface area (Å²) in [7, 11) is 1.85. The Labute approximate surface area is 197 Å². The van der Waals surface area contributed by atoms with Crippen molar-refractivity contribution in [3.63, 3.8) is 0 Å². The number of fused-ring (bicyclic) bond motifs is 1. The third kappa shape index (κ3) is 3.57. The van der Waals surface area contributed by atoms with Gasteiger partial charge in [-0.3, -0.25) is 9.48 Å². The molecule has 1 spiro atoms. The van der Waals surface area contributed by atoms with Gasteiger partial charge in [0, 0.05) is 49.9 Å². The topological polar surface area (TPSA) is 79.7 Å². The SMILES string of the molecule is CC1CC2(C1)CN(C(=O)CCc1ccc(-c3ccnc4nc(-c5cnn(C)c5)[nH]c34)cc1F)C2. The number of pyridine rings is 1. The maximum Gasteiger partial charge on any atom is 0.222 e. The van der Waals surface area contributed by atoms with Crippen molar-refractivity contribution in [3.8, 4) is 22.5 Å². The lowest BCUT2D eigenvalue weighted by atomic mass is 9.58. The normalized spacial score (nSPS) is 17.2. The summed E-state index contributed by atoms with van der Waals surface area (Å²) in [6, 6.07) is 7.07. The fourth-order valence-electron chi connectivity index (χ4n) is 5.77. The molecule has 1 aliphatic carbocycles. The second-order valence-corrected chi connectivity index (χ2v) is 10.1. The van der Waals surface area contributed by atoms with Crippen molar-refractivity contribution < 1.29 is 9.18 Å². The number of hydrogen-bond acceptors (Lipinski definition) is 4. The molecule has 2 fully saturated rings. The zero-order chi connectivity index (χ0) is 23.4. The van der Waals surface area contributed by atoms with Crippen molar-refractivity contribution in [3.05, 3.63) is 54.2 Å². The number of halogens is 1. The van der Waals surface area contributed by atoms with Gasteiger partial charge in [0.15, 0.2) is 5.65 Å². The van der Waals surface area contributed by atoms with E-state index in [1.807, 2.05) is 30.3 Å². The Kier molecular flexibility index (Phi) is 4.79. The Morgan fingerprint density at radius 3 is 2.76 bits per heavy atom. The van der Waals surface area contributed by atoms with Crippen LogP contribution in [-0.4, -0.2) is 48.6 Å². The summed E-state index contributed by atoms with van der Waals surface area (Å²) in [5.74, 6) is 1.29. The molecule has 0 bridgehead atoms. The third-order valence-corrected chi connectivity index (χ3v) is 7.31. The van der Waals surface area contributed by atoms with E-state index in [9.17, 15) is 4.79 Å². The molecule has 174 valence electrons. The number of rotatable bonds is 5. The molecule has 1 saturated heterocycles. The molecule has 0 radical (unpaired) electrons. The lowest BCUT2D eigenvalue weighted by Crippen LogP contribution is -2.63. The van der Waals surface area contributed by atoms with Crippen LogP contribution in [0.3, 0.4) is 0 Å². The van der Waals surface area contributed by atoms with Gasteiger partial charge in [-0.1, -0.05) is 19.1 Å². The Bertz CT molecular complexity index is 1390. The predicted molar refractivity (Wildman–Crippen MR) is 127 cm³/mol. The maximum absolute atomic E-state index is 15.0. The van der Waals surface area contributed by atoms with E-state index in [0.717, 1.165) is 41.2 Å². The molecule has 1 saturated carbocycles. The number of aromatic nitrogens is 5. The Morgan fingerprint density at radius 1 is 1.24 bits per heavy atom. The van der Waals surface area contributed by atoms with Gasteiger partial charge in [-0.15, -0.1) is 0 Å². The summed E-state index contributed by atoms with van der Waals surface area (Å²) in [6.45, 7) is 4.02. The van der Waals surface area contributed by atoms with E-state index in [1.54, 1.807) is 23.1 Å². The van der Waals surface area contributed by atoms with Crippen LogP contribution >= 0.6 is 0 Å². The second kappa shape index (κ2) is 7.75. The summed E-state index contributed by atoms with van der Waals surface area (Å²) in [4.78, 5) is 26.7. The molecule has 1 aliphatic heterocycles. The molecule has 1 N–H and O–H groups in total. The minimum atomic E-state index is -0.296. The molecule has 4 heterocycles. The van der Waals surface area contributed by atoms with E-state index < -0.39 is 0 Å². The maximum atomic E-state index is 15.0. The van der Waals surface area contributed by atoms with Crippen LogP contribution in [0.5, 0.6) is 0 Å². The van der Waals surface area contributed by atoms with Gasteiger partial charge >= 0.3 is 0 Å². The second-order valence-electron chi connectivity index (χ2n) is 10.1. The first-order valence-electron chi connectivity index (χ1n) is 11.8. The van der Waals surface area contributed by atoms with E-state index >= 15 is 4.39 Å². The van der Waals surface area contributed by atoms with Crippen LogP contribution in [0.2, 0.25) is 0 Å². The van der Waals surface area contributed by atoms with E-state index in [0.29, 0.717) is 35.3 Å². The summed E-state index contributed by atoms with van der Waals surface area (Å²) >= 11 is 0. The fraction of sp³-hybridized carbons (Fsp3) is 0.385. The minimum absolute atomic E-state index is 0.130. The van der Waals surface area contributed by atoms with E-state index in [2.05, 4.69) is 27.0 Å². The molecule has 1 aromatic carbocycles. The highest BCUT2D eigenvalue weighted by atomic mass is 19.1. The molecule has 2 aliphatic rings. The molecule has 3 aromatic heterocycles. The van der Waals surface area contributed by atoms with E-state index in [4.69, 9.17) is 0 Å². The number of aromatic amines is 1. The molecule has 4 aromatic rings. The summed E-state index contributed by atoms with van der Waals surface area (Å²) in [6.07, 6.45) is 8.51. The Balaban J connectivity index is 1.17. The summed E-state index contributed by atoms with van der Waals surface area (Å²) < 4.78 is 16.7. The number of H-pyrrole nitrogens is 1. The van der Waals surface area contributed by atoms with Crippen molar-refractivity contribution in [2.45, 2.75) is 32.6 Å². The number of nitrogens with one attached hydrogen (secondary N) is 1. The largest absolute Gasteiger partial charge is 0.341 e. The van der Waals surface area contributed by atoms with Crippen LogP contribution in [0.1, 0.15) is 31.7 Å². The van der Waals surface area contributed by atoms with Crippen LogP contribution in [0.25, 0.3) is 33.7 Å². The molecule has 7 nitrogen and oxygen atoms in total. The van der Waals surface area contributed by atoms with Crippen LogP contribution in [-0.2, 0) is 18.3 Å². The molecular weight excluding hydrogens is 431 g/mol. The number of aryl methyl sites for hydroxylation is 2. The van der Waals surface area contributed by atoms with Crippen molar-refractivity contribution >= 4 is 17.1 Å². The number of hydrogen-bond donors (Lipinski definition) is 1. The van der Waals surface area contributed by atoms with Crippen molar-refractivity contribution in [2.75, 3.05) is 13.1 Å². The Hall–Kier alpha value is -3.55. The first-order chi connectivity index (χ1) is 16.4. The zero-order valence-corrected chi connectivity index (χ0v) is 19.4. The van der Waals surface area contributed by atoms with Crippen molar-refractivity contribution in [1.29, 1.82) is 0 Å². The highest BCUT2D eigenvalue weighted by Crippen LogP contribution is 2.51. The van der Waals surface area contributed by atoms with Crippen LogP contribution < -0.4 is 0 Å². The van der Waals surface area contributed by atoms with Gasteiger partial charge in [-0.25, -0.2) is 14.4 Å². The van der Waals surface area contributed by atoms with Gasteiger partial charge in [0.2, 0.25) is 5.91 Å². The number of benzene rings is 1. The lowest BCUT2D eigenvalue weighted by Gasteiger charge is -2.58. The number of carbonyl (C=O) groups excluding carboxylic acids is 1. The standard InChI is InChI=1S/C26H27FN6O/c1-16-10-26(11-16)14-33(15-26)22(34)6-5-17-3-4-18(9-21(17)27)20-7-8-28-25-23(20)30-24(31-25)19-12-29-32(2)13-19/h3-4,7-9,12-13,16H,5-6,10-11,14-15H2,1-2H3,(H,28,30,31). The number of amides is 1. The molecule has 8 heteroatoms. The number of imidazole rings is 1. The molecule has 0 unspecified atom stereocenters. The van der Waals surface area contributed by atoms with Gasteiger partial charge in [-0.05, 0) is 48.4 Å². The smallest absolute Gasteiger partial charge is 0.222 e. The summed E-state index contributed by atoms with van der Waals surface area (Å²) in [5, 5.41) is 4.19. The quantitative estimate of drug-likeness (QED) is 0.482. The monoisotopic (exact) mass is 458 g/mol. The number of nitrogens with zero attached hydrogens (tertiary/aromatic N) is 5. The molecule has 0 atom stereocenters. The molecular formula is C26H27FN6O. The van der Waals surface area contributed by atoms with E-state index in [1.165, 1.54) is 18.9 Å². The zero-order valence-electron chi connectivity index (χ0n) is 19.4. The highest BCUT2D eigenvalue weighted by Gasteiger charge is 2.51. The van der Waals surface area contributed by atoms with Crippen LogP contribution in [0.15, 0.2) is 42.9 Å². The van der Waals surface area contributed by atoms with Crippen LogP contribution in [0, 0.1) is 17.2 Å². The van der Waals surface area contributed by atoms with E-state index in [-0.39, 0.29) is 11.7 Å². The summed E-state index contributed by atoms with van der Waals surface area (Å²) in [5.41, 5.74) is 4.70. The third-order valence-electron chi connectivity index (χ3n) is 7.31. The van der Waals surface area contributed by atoms with Gasteiger partial charge in [-0.2, -0.15) is 5.10 Å². The molecule has 1 amide bonds. The average molecular weight is 459 g/mol. The highest BCUT2D eigenvalue weighted by molar-refractivity contribution is 5.91. The first-order valence-corrected chi connectivity index (χ1v) is 11.8. The van der Waals surface area contributed by atoms with Gasteiger partial charge in [0.05, 0.1) is 17.3 Å². The molecule has 6 rings (SSSR count). The van der Waals surface area contributed by atoms with Crippen LogP contribution in [0.4, 0.5) is 4.39 Å². The van der Waals surface area contributed by atoms with Gasteiger partial charge in [0.1, 0.15) is 11.6 Å². The predicted octanol–water partition coefficient (Wildman–Crippen LogP) is 4.36. The van der Waals surface area contributed by atoms with Crippen molar-refractivity contribution in [2.24, 2.45) is 18.4 Å². The Morgan fingerprint density at radius 2 is 2.06 bits per heavy atom. The van der Waals surface area contributed by atoms with Gasteiger partial charge in [0.25, 0.3) is 0 Å². The fourth-order valence-corrected chi connectivity index (χ4v) is 5.77. The number of carbonyl (C=O) groups is 1. The molecule has 34 heavy (non-hydrogen) atoms.